The Balaban J connectivity index is 2.25. The molecule has 1 saturated heterocycles. The molecule has 2 rings (SSSR count). The van der Waals surface area contributed by atoms with Gasteiger partial charge < -0.3 is 15.6 Å². The Labute approximate surface area is 119 Å². The van der Waals surface area contributed by atoms with Gasteiger partial charge in [-0.2, -0.15) is 0 Å². The predicted molar refractivity (Wildman–Crippen MR) is 77.8 cm³/mol. The van der Waals surface area contributed by atoms with Gasteiger partial charge in [0.1, 0.15) is 5.41 Å². The molecule has 0 aliphatic carbocycles. The van der Waals surface area contributed by atoms with Gasteiger partial charge in [-0.3, -0.25) is 4.79 Å². The minimum absolute atomic E-state index is 0.111. The van der Waals surface area contributed by atoms with Gasteiger partial charge in [-0.05, 0) is 43.7 Å². The summed E-state index contributed by atoms with van der Waals surface area (Å²) < 4.78 is 5.60. The number of rotatable bonds is 6. The fourth-order valence-corrected chi connectivity index (χ4v) is 3.05. The Kier molecular flexibility index (Phi) is 4.78. The first-order valence-electron chi connectivity index (χ1n) is 7.21. The van der Waals surface area contributed by atoms with Crippen molar-refractivity contribution in [2.24, 2.45) is 5.73 Å². The molecule has 4 nitrogen and oxygen atoms in total. The van der Waals surface area contributed by atoms with Crippen LogP contribution in [0, 0.1) is 6.92 Å². The third-order valence-electron chi connectivity index (χ3n) is 4.34. The van der Waals surface area contributed by atoms with Gasteiger partial charge in [0, 0.05) is 13.2 Å². The summed E-state index contributed by atoms with van der Waals surface area (Å²) in [5.41, 5.74) is 6.68. The summed E-state index contributed by atoms with van der Waals surface area (Å²) in [6.45, 7) is 2.84. The van der Waals surface area contributed by atoms with Crippen LogP contribution in [-0.4, -0.2) is 30.3 Å². The second-order valence-electron chi connectivity index (χ2n) is 5.58. The zero-order valence-corrected chi connectivity index (χ0v) is 12.0. The van der Waals surface area contributed by atoms with Crippen LogP contribution in [0.2, 0.25) is 0 Å². The van der Waals surface area contributed by atoms with Crippen LogP contribution < -0.4 is 5.73 Å². The molecule has 1 aliphatic heterocycles. The number of benzene rings is 1. The topological polar surface area (TPSA) is 72.5 Å². The lowest BCUT2D eigenvalue weighted by Crippen LogP contribution is -2.44. The molecule has 0 radical (unpaired) electrons. The van der Waals surface area contributed by atoms with Crippen molar-refractivity contribution in [2.75, 3.05) is 13.2 Å². The second-order valence-corrected chi connectivity index (χ2v) is 5.58. The van der Waals surface area contributed by atoms with Crippen molar-refractivity contribution in [3.8, 4) is 0 Å². The van der Waals surface area contributed by atoms with Crippen LogP contribution in [0.5, 0.6) is 0 Å². The van der Waals surface area contributed by atoms with Gasteiger partial charge in [-0.1, -0.05) is 24.3 Å². The van der Waals surface area contributed by atoms with E-state index in [0.29, 0.717) is 6.42 Å². The van der Waals surface area contributed by atoms with E-state index in [2.05, 4.69) is 0 Å². The number of aryl methyl sites for hydroxylation is 1. The fraction of sp³-hybridized carbons (Fsp3) is 0.562. The molecule has 0 aromatic heterocycles. The molecule has 2 atom stereocenters. The Bertz CT molecular complexity index is 469. The number of hydrogen-bond donors (Lipinski definition) is 2. The molecule has 4 heteroatoms. The summed E-state index contributed by atoms with van der Waals surface area (Å²) in [5, 5.41) is 9.75. The van der Waals surface area contributed by atoms with Crippen molar-refractivity contribution < 1.29 is 14.6 Å². The van der Waals surface area contributed by atoms with Crippen LogP contribution in [0.3, 0.4) is 0 Å². The molecule has 3 N–H and O–H groups in total. The number of ether oxygens (including phenoxy) is 1. The minimum Gasteiger partial charge on any atom is -0.481 e. The van der Waals surface area contributed by atoms with Gasteiger partial charge in [0.25, 0.3) is 0 Å². The highest BCUT2D eigenvalue weighted by atomic mass is 16.5. The van der Waals surface area contributed by atoms with E-state index in [1.54, 1.807) is 0 Å². The number of carboxylic acids is 1. The van der Waals surface area contributed by atoms with Crippen molar-refractivity contribution in [2.45, 2.75) is 44.1 Å². The molecule has 1 aromatic rings. The van der Waals surface area contributed by atoms with E-state index in [0.717, 1.165) is 37.0 Å². The lowest BCUT2D eigenvalue weighted by atomic mass is 9.74. The van der Waals surface area contributed by atoms with Crippen molar-refractivity contribution in [1.29, 1.82) is 0 Å². The first kappa shape index (κ1) is 15.0. The van der Waals surface area contributed by atoms with E-state index in [9.17, 15) is 9.90 Å². The monoisotopic (exact) mass is 277 g/mol. The van der Waals surface area contributed by atoms with E-state index in [-0.39, 0.29) is 12.6 Å². The van der Waals surface area contributed by atoms with Gasteiger partial charge in [-0.25, -0.2) is 0 Å². The van der Waals surface area contributed by atoms with Gasteiger partial charge in [0.05, 0.1) is 6.10 Å². The second kappa shape index (κ2) is 6.37. The molecule has 1 fully saturated rings. The molecule has 1 heterocycles. The van der Waals surface area contributed by atoms with E-state index in [4.69, 9.17) is 10.5 Å². The summed E-state index contributed by atoms with van der Waals surface area (Å²) in [7, 11) is 0. The first-order valence-corrected chi connectivity index (χ1v) is 7.21. The normalized spacial score (nSPS) is 21.6. The highest BCUT2D eigenvalue weighted by Gasteiger charge is 2.40. The molecular weight excluding hydrogens is 254 g/mol. The smallest absolute Gasteiger partial charge is 0.315 e. The maximum Gasteiger partial charge on any atom is 0.315 e. The summed E-state index contributed by atoms with van der Waals surface area (Å²) >= 11 is 0. The molecule has 0 amide bonds. The quantitative estimate of drug-likeness (QED) is 0.836. The number of hydrogen-bond acceptors (Lipinski definition) is 3. The molecule has 110 valence electrons. The summed E-state index contributed by atoms with van der Waals surface area (Å²) in [6, 6.07) is 7.62. The zero-order valence-electron chi connectivity index (χ0n) is 12.0. The molecule has 1 aromatic carbocycles. The number of carboxylic acid groups (broad SMARTS) is 1. The van der Waals surface area contributed by atoms with Crippen molar-refractivity contribution in [1.82, 2.24) is 0 Å². The third-order valence-corrected chi connectivity index (χ3v) is 4.34. The molecular formula is C16H23NO3. The van der Waals surface area contributed by atoms with E-state index < -0.39 is 11.4 Å². The van der Waals surface area contributed by atoms with Crippen molar-refractivity contribution >= 4 is 5.97 Å². The molecule has 20 heavy (non-hydrogen) atoms. The van der Waals surface area contributed by atoms with Crippen LogP contribution in [0.1, 0.15) is 36.8 Å². The zero-order chi connectivity index (χ0) is 14.6. The van der Waals surface area contributed by atoms with Gasteiger partial charge in [-0.15, -0.1) is 0 Å². The van der Waals surface area contributed by atoms with Gasteiger partial charge in [0.2, 0.25) is 0 Å². The van der Waals surface area contributed by atoms with Gasteiger partial charge >= 0.3 is 5.97 Å². The Hall–Kier alpha value is -1.39. The largest absolute Gasteiger partial charge is 0.481 e. The van der Waals surface area contributed by atoms with Crippen LogP contribution in [0.15, 0.2) is 24.3 Å². The Morgan fingerprint density at radius 2 is 2.25 bits per heavy atom. The highest BCUT2D eigenvalue weighted by molar-refractivity contribution is 5.82. The maximum absolute atomic E-state index is 11.9. The predicted octanol–water partition coefficient (Wildman–Crippen LogP) is 2.24. The van der Waals surface area contributed by atoms with E-state index >= 15 is 0 Å². The number of aliphatic carboxylic acids is 1. The Morgan fingerprint density at radius 1 is 1.50 bits per heavy atom. The lowest BCUT2D eigenvalue weighted by Gasteiger charge is -2.31. The van der Waals surface area contributed by atoms with E-state index in [1.807, 2.05) is 31.2 Å². The molecule has 0 bridgehead atoms. The van der Waals surface area contributed by atoms with Crippen LogP contribution in [0.25, 0.3) is 0 Å². The van der Waals surface area contributed by atoms with Crippen LogP contribution in [-0.2, 0) is 14.9 Å². The summed E-state index contributed by atoms with van der Waals surface area (Å²) in [5.74, 6) is -0.840. The van der Waals surface area contributed by atoms with Crippen LogP contribution in [0.4, 0.5) is 0 Å². The Morgan fingerprint density at radius 3 is 2.80 bits per heavy atom. The molecule has 0 saturated carbocycles. The summed E-state index contributed by atoms with van der Waals surface area (Å²) in [4.78, 5) is 11.9. The number of nitrogens with two attached hydrogens (primary N) is 1. The standard InChI is InChI=1S/C16H23NO3/c1-12-5-2-3-7-14(12)16(11-17,15(18)19)9-8-13-6-4-10-20-13/h2-3,5,7,13H,4,6,8-11,17H2,1H3,(H,18,19). The first-order chi connectivity index (χ1) is 9.60. The lowest BCUT2D eigenvalue weighted by molar-refractivity contribution is -0.144. The molecule has 1 aliphatic rings. The fourth-order valence-electron chi connectivity index (χ4n) is 3.05. The average Bonchev–Trinajstić information content (AvgIpc) is 2.94. The van der Waals surface area contributed by atoms with Crippen molar-refractivity contribution in [3.63, 3.8) is 0 Å². The maximum atomic E-state index is 11.9. The summed E-state index contributed by atoms with van der Waals surface area (Å²) in [6.07, 6.45) is 3.54. The highest BCUT2D eigenvalue weighted by Crippen LogP contribution is 2.33. The number of carbonyl (C=O) groups is 1. The minimum atomic E-state index is -1.00. The third kappa shape index (κ3) is 2.86. The van der Waals surface area contributed by atoms with Crippen LogP contribution >= 0.6 is 0 Å². The van der Waals surface area contributed by atoms with E-state index in [1.165, 1.54) is 0 Å². The SMILES string of the molecule is Cc1ccccc1C(CN)(CCC1CCCO1)C(=O)O. The molecule has 2 unspecified atom stereocenters. The molecule has 0 spiro atoms. The average molecular weight is 277 g/mol. The van der Waals surface area contributed by atoms with Gasteiger partial charge in [0.15, 0.2) is 0 Å². The van der Waals surface area contributed by atoms with Crippen molar-refractivity contribution in [3.05, 3.63) is 35.4 Å².